The Morgan fingerprint density at radius 3 is 2.38 bits per heavy atom. The first-order valence-electron chi connectivity index (χ1n) is 5.95. The van der Waals surface area contributed by atoms with Gasteiger partial charge in [0.15, 0.2) is 0 Å². The molecule has 0 saturated carbocycles. The lowest BCUT2D eigenvalue weighted by molar-refractivity contribution is 0.262. The molecule has 5 nitrogen and oxygen atoms in total. The van der Waals surface area contributed by atoms with Gasteiger partial charge in [0.25, 0.3) is 0 Å². The first kappa shape index (κ1) is 15.3. The second kappa shape index (κ2) is 6.56. The standard InChI is InChI=1S/C14H13Cl2N3O2/c1-21-13-3-2-10(17)7-12(13)19-14(20)18-11-5-8(15)4-9(16)6-11/h2-7H,17H2,1H3,(H2,18,19,20). The number of amides is 2. The number of ether oxygens (including phenoxy) is 1. The van der Waals surface area contributed by atoms with Crippen molar-refractivity contribution in [2.24, 2.45) is 0 Å². The molecule has 7 heteroatoms. The number of rotatable bonds is 3. The summed E-state index contributed by atoms with van der Waals surface area (Å²) in [7, 11) is 1.51. The first-order chi connectivity index (χ1) is 9.97. The molecule has 0 unspecified atom stereocenters. The smallest absolute Gasteiger partial charge is 0.323 e. The largest absolute Gasteiger partial charge is 0.495 e. The highest BCUT2D eigenvalue weighted by molar-refractivity contribution is 6.35. The molecule has 2 amide bonds. The summed E-state index contributed by atoms with van der Waals surface area (Å²) in [5, 5.41) is 6.14. The summed E-state index contributed by atoms with van der Waals surface area (Å²) in [5.41, 5.74) is 7.14. The van der Waals surface area contributed by atoms with Crippen molar-refractivity contribution >= 4 is 46.3 Å². The Kier molecular flexibility index (Phi) is 4.77. The zero-order chi connectivity index (χ0) is 15.4. The summed E-state index contributed by atoms with van der Waals surface area (Å²) in [6.07, 6.45) is 0. The molecule has 4 N–H and O–H groups in total. The van der Waals surface area contributed by atoms with Crippen LogP contribution in [0.2, 0.25) is 10.0 Å². The number of carbonyl (C=O) groups is 1. The van der Waals surface area contributed by atoms with Crippen LogP contribution >= 0.6 is 23.2 Å². The highest BCUT2D eigenvalue weighted by atomic mass is 35.5. The number of hydrogen-bond acceptors (Lipinski definition) is 3. The van der Waals surface area contributed by atoms with E-state index in [2.05, 4.69) is 10.6 Å². The van der Waals surface area contributed by atoms with Crippen LogP contribution in [-0.2, 0) is 0 Å². The van der Waals surface area contributed by atoms with E-state index in [4.69, 9.17) is 33.7 Å². The molecule has 0 spiro atoms. The lowest BCUT2D eigenvalue weighted by atomic mass is 10.2. The van der Waals surface area contributed by atoms with Crippen LogP contribution in [0, 0.1) is 0 Å². The van der Waals surface area contributed by atoms with E-state index >= 15 is 0 Å². The van der Waals surface area contributed by atoms with Gasteiger partial charge in [-0.3, -0.25) is 0 Å². The minimum Gasteiger partial charge on any atom is -0.495 e. The van der Waals surface area contributed by atoms with Crippen molar-refractivity contribution in [3.05, 3.63) is 46.4 Å². The van der Waals surface area contributed by atoms with Crippen molar-refractivity contribution < 1.29 is 9.53 Å². The molecule has 0 aliphatic rings. The van der Waals surface area contributed by atoms with E-state index in [9.17, 15) is 4.79 Å². The summed E-state index contributed by atoms with van der Waals surface area (Å²) < 4.78 is 5.15. The maximum absolute atomic E-state index is 12.0. The molecule has 2 rings (SSSR count). The highest BCUT2D eigenvalue weighted by Crippen LogP contribution is 2.27. The van der Waals surface area contributed by atoms with Crippen LogP contribution in [-0.4, -0.2) is 13.1 Å². The lowest BCUT2D eigenvalue weighted by Crippen LogP contribution is -2.19. The van der Waals surface area contributed by atoms with E-state index in [1.54, 1.807) is 36.4 Å². The summed E-state index contributed by atoms with van der Waals surface area (Å²) in [5.74, 6) is 0.503. The Bertz CT molecular complexity index is 657. The molecule has 0 aliphatic heterocycles. The maximum atomic E-state index is 12.0. The number of nitrogens with two attached hydrogens (primary N) is 1. The summed E-state index contributed by atoms with van der Waals surface area (Å²) >= 11 is 11.7. The SMILES string of the molecule is COc1ccc(N)cc1NC(=O)Nc1cc(Cl)cc(Cl)c1. The van der Waals surface area contributed by atoms with Gasteiger partial charge in [0.2, 0.25) is 0 Å². The molecular formula is C14H13Cl2N3O2. The predicted molar refractivity (Wildman–Crippen MR) is 86.5 cm³/mol. The van der Waals surface area contributed by atoms with Gasteiger partial charge in [-0.1, -0.05) is 23.2 Å². The van der Waals surface area contributed by atoms with Crippen molar-refractivity contribution in [1.29, 1.82) is 0 Å². The quantitative estimate of drug-likeness (QED) is 0.739. The first-order valence-corrected chi connectivity index (χ1v) is 6.71. The number of methoxy groups -OCH3 is 1. The fourth-order valence-corrected chi connectivity index (χ4v) is 2.26. The van der Waals surface area contributed by atoms with Gasteiger partial charge in [-0.15, -0.1) is 0 Å². The molecule has 0 atom stereocenters. The highest BCUT2D eigenvalue weighted by Gasteiger charge is 2.09. The average molecular weight is 326 g/mol. The number of nitrogen functional groups attached to an aromatic ring is 1. The lowest BCUT2D eigenvalue weighted by Gasteiger charge is -2.12. The number of halogens is 2. The molecule has 2 aromatic rings. The van der Waals surface area contributed by atoms with Gasteiger partial charge in [-0.05, 0) is 36.4 Å². The van der Waals surface area contributed by atoms with Crippen molar-refractivity contribution in [3.63, 3.8) is 0 Å². The Balaban J connectivity index is 2.13. The molecule has 0 saturated heterocycles. The predicted octanol–water partition coefficient (Wildman–Crippen LogP) is 4.23. The van der Waals surface area contributed by atoms with E-state index in [1.807, 2.05) is 0 Å². The van der Waals surface area contributed by atoms with Gasteiger partial charge in [0, 0.05) is 21.4 Å². The number of benzene rings is 2. The van der Waals surface area contributed by atoms with Crippen LogP contribution in [0.4, 0.5) is 21.9 Å². The minimum atomic E-state index is -0.461. The molecule has 0 aromatic heterocycles. The van der Waals surface area contributed by atoms with Gasteiger partial charge in [0.1, 0.15) is 5.75 Å². The monoisotopic (exact) mass is 325 g/mol. The third-order valence-corrected chi connectivity index (χ3v) is 3.03. The average Bonchev–Trinajstić information content (AvgIpc) is 2.37. The fourth-order valence-electron chi connectivity index (χ4n) is 1.73. The second-order valence-corrected chi connectivity index (χ2v) is 5.07. The van der Waals surface area contributed by atoms with Crippen molar-refractivity contribution in [2.45, 2.75) is 0 Å². The van der Waals surface area contributed by atoms with E-state index < -0.39 is 6.03 Å². The van der Waals surface area contributed by atoms with Crippen molar-refractivity contribution in [1.82, 2.24) is 0 Å². The molecule has 2 aromatic carbocycles. The molecule has 0 radical (unpaired) electrons. The zero-order valence-electron chi connectivity index (χ0n) is 11.1. The second-order valence-electron chi connectivity index (χ2n) is 4.20. The zero-order valence-corrected chi connectivity index (χ0v) is 12.6. The van der Waals surface area contributed by atoms with Crippen molar-refractivity contribution in [3.8, 4) is 5.75 Å². The molecule has 0 bridgehead atoms. The minimum absolute atomic E-state index is 0.430. The van der Waals surface area contributed by atoms with Gasteiger partial charge in [-0.2, -0.15) is 0 Å². The van der Waals surface area contributed by atoms with E-state index in [0.717, 1.165) is 0 Å². The number of urea groups is 1. The number of nitrogens with one attached hydrogen (secondary N) is 2. The van der Waals surface area contributed by atoms with Gasteiger partial charge >= 0.3 is 6.03 Å². The third-order valence-electron chi connectivity index (χ3n) is 2.59. The molecule has 0 fully saturated rings. The molecule has 0 heterocycles. The Labute approximate surface area is 132 Å². The molecule has 110 valence electrons. The summed E-state index contributed by atoms with van der Waals surface area (Å²) in [6, 6.07) is 9.24. The van der Waals surface area contributed by atoms with Crippen LogP contribution in [0.3, 0.4) is 0 Å². The van der Waals surface area contributed by atoms with Crippen LogP contribution in [0.25, 0.3) is 0 Å². The topological polar surface area (TPSA) is 76.4 Å². The van der Waals surface area contributed by atoms with Crippen LogP contribution in [0.1, 0.15) is 0 Å². The summed E-state index contributed by atoms with van der Waals surface area (Å²) in [4.78, 5) is 12.0. The van der Waals surface area contributed by atoms with Gasteiger partial charge < -0.3 is 21.1 Å². The van der Waals surface area contributed by atoms with Gasteiger partial charge in [-0.25, -0.2) is 4.79 Å². The van der Waals surface area contributed by atoms with E-state index in [0.29, 0.717) is 32.9 Å². The van der Waals surface area contributed by atoms with Gasteiger partial charge in [0.05, 0.1) is 12.8 Å². The Morgan fingerprint density at radius 2 is 1.76 bits per heavy atom. The van der Waals surface area contributed by atoms with E-state index in [1.165, 1.54) is 7.11 Å². The Morgan fingerprint density at radius 1 is 1.10 bits per heavy atom. The third kappa shape index (κ3) is 4.18. The molecule has 21 heavy (non-hydrogen) atoms. The van der Waals surface area contributed by atoms with E-state index in [-0.39, 0.29) is 0 Å². The Hall–Kier alpha value is -2.11. The van der Waals surface area contributed by atoms with Crippen LogP contribution in [0.5, 0.6) is 5.75 Å². The number of carbonyl (C=O) groups excluding carboxylic acids is 1. The number of hydrogen-bond donors (Lipinski definition) is 3. The molecule has 0 aliphatic carbocycles. The molecular weight excluding hydrogens is 313 g/mol. The normalized spacial score (nSPS) is 10.0. The fraction of sp³-hybridized carbons (Fsp3) is 0.0714. The summed E-state index contributed by atoms with van der Waals surface area (Å²) in [6.45, 7) is 0. The number of anilines is 3. The van der Waals surface area contributed by atoms with Crippen molar-refractivity contribution in [2.75, 3.05) is 23.5 Å². The maximum Gasteiger partial charge on any atom is 0.323 e. The van der Waals surface area contributed by atoms with Crippen LogP contribution < -0.4 is 21.1 Å². The van der Waals surface area contributed by atoms with Crippen LogP contribution in [0.15, 0.2) is 36.4 Å².